The van der Waals surface area contributed by atoms with Crippen LogP contribution in [0.3, 0.4) is 0 Å². The first kappa shape index (κ1) is 19.9. The molecule has 0 aromatic heterocycles. The molecule has 2 atom stereocenters. The quantitative estimate of drug-likeness (QED) is 0.804. The van der Waals surface area contributed by atoms with E-state index in [0.717, 1.165) is 25.1 Å². The van der Waals surface area contributed by atoms with Crippen molar-refractivity contribution >= 4 is 15.9 Å². The van der Waals surface area contributed by atoms with Gasteiger partial charge in [-0.25, -0.2) is 8.42 Å². The Labute approximate surface area is 152 Å². The van der Waals surface area contributed by atoms with E-state index in [1.165, 1.54) is 4.31 Å². The monoisotopic (exact) mass is 366 g/mol. The van der Waals surface area contributed by atoms with Crippen LogP contribution in [-0.2, 0) is 10.0 Å². The standard InChI is InChI=1S/C19H30N2O3S/c1-6-21(7-2)25(23,24)17-9-8-16(5)18(11-17)19(22)20-12-14(3)10-15(4)13-20/h8-9,11,14-15H,6-7,10,12-13H2,1-5H3. The van der Waals surface area contributed by atoms with Gasteiger partial charge in [-0.1, -0.05) is 33.8 Å². The van der Waals surface area contributed by atoms with Crippen LogP contribution < -0.4 is 0 Å². The van der Waals surface area contributed by atoms with Crippen LogP contribution in [0.5, 0.6) is 0 Å². The number of piperidine rings is 1. The Kier molecular flexibility index (Phi) is 6.27. The molecule has 0 bridgehead atoms. The van der Waals surface area contributed by atoms with E-state index >= 15 is 0 Å². The highest BCUT2D eigenvalue weighted by Crippen LogP contribution is 2.25. The van der Waals surface area contributed by atoms with Gasteiger partial charge in [0, 0.05) is 31.7 Å². The van der Waals surface area contributed by atoms with Gasteiger partial charge in [0.15, 0.2) is 0 Å². The Morgan fingerprint density at radius 2 is 1.72 bits per heavy atom. The summed E-state index contributed by atoms with van der Waals surface area (Å²) in [6.45, 7) is 12.1. The maximum absolute atomic E-state index is 13.0. The van der Waals surface area contributed by atoms with Gasteiger partial charge >= 0.3 is 0 Å². The molecule has 0 saturated carbocycles. The lowest BCUT2D eigenvalue weighted by molar-refractivity contribution is 0.0622. The van der Waals surface area contributed by atoms with Gasteiger partial charge in [-0.2, -0.15) is 4.31 Å². The second-order valence-electron chi connectivity index (χ2n) is 7.22. The number of rotatable bonds is 5. The van der Waals surface area contributed by atoms with E-state index < -0.39 is 10.0 Å². The van der Waals surface area contributed by atoms with Gasteiger partial charge in [-0.05, 0) is 42.9 Å². The molecule has 0 radical (unpaired) electrons. The molecule has 0 spiro atoms. The van der Waals surface area contributed by atoms with E-state index in [2.05, 4.69) is 13.8 Å². The molecule has 1 amide bonds. The summed E-state index contributed by atoms with van der Waals surface area (Å²) in [6, 6.07) is 4.89. The lowest BCUT2D eigenvalue weighted by Gasteiger charge is -2.35. The summed E-state index contributed by atoms with van der Waals surface area (Å²) < 4.78 is 26.9. The summed E-state index contributed by atoms with van der Waals surface area (Å²) in [6.07, 6.45) is 1.12. The van der Waals surface area contributed by atoms with Gasteiger partial charge in [0.2, 0.25) is 10.0 Å². The van der Waals surface area contributed by atoms with Crippen LogP contribution in [-0.4, -0.2) is 49.7 Å². The number of carbonyl (C=O) groups is 1. The highest BCUT2D eigenvalue weighted by atomic mass is 32.2. The maximum Gasteiger partial charge on any atom is 0.254 e. The maximum atomic E-state index is 13.0. The number of aryl methyl sites for hydroxylation is 1. The molecule has 25 heavy (non-hydrogen) atoms. The van der Waals surface area contributed by atoms with E-state index in [9.17, 15) is 13.2 Å². The second kappa shape index (κ2) is 7.87. The molecule has 5 nitrogen and oxygen atoms in total. The molecule has 1 heterocycles. The van der Waals surface area contributed by atoms with Gasteiger partial charge < -0.3 is 4.90 Å². The Morgan fingerprint density at radius 1 is 1.16 bits per heavy atom. The molecular formula is C19H30N2O3S. The predicted octanol–water partition coefficient (Wildman–Crippen LogP) is 3.14. The Hall–Kier alpha value is -1.40. The minimum absolute atomic E-state index is 0.0625. The summed E-state index contributed by atoms with van der Waals surface area (Å²) in [7, 11) is -3.56. The molecule has 2 unspecified atom stereocenters. The van der Waals surface area contributed by atoms with Gasteiger partial charge in [0.25, 0.3) is 5.91 Å². The van der Waals surface area contributed by atoms with E-state index in [1.807, 2.05) is 25.7 Å². The topological polar surface area (TPSA) is 57.7 Å². The summed E-state index contributed by atoms with van der Waals surface area (Å²) in [5, 5.41) is 0. The Balaban J connectivity index is 2.38. The number of benzene rings is 1. The van der Waals surface area contributed by atoms with Crippen molar-refractivity contribution in [2.75, 3.05) is 26.2 Å². The van der Waals surface area contributed by atoms with Crippen molar-refractivity contribution in [3.63, 3.8) is 0 Å². The third-order valence-electron chi connectivity index (χ3n) is 4.94. The van der Waals surface area contributed by atoms with E-state index in [0.29, 0.717) is 30.5 Å². The first-order valence-electron chi connectivity index (χ1n) is 9.10. The minimum Gasteiger partial charge on any atom is -0.338 e. The van der Waals surface area contributed by atoms with Crippen LogP contribution in [0.4, 0.5) is 0 Å². The molecule has 6 heteroatoms. The fourth-order valence-corrected chi connectivity index (χ4v) is 5.19. The molecule has 1 aromatic rings. The van der Waals surface area contributed by atoms with Crippen molar-refractivity contribution < 1.29 is 13.2 Å². The van der Waals surface area contributed by atoms with E-state index in [1.54, 1.807) is 18.2 Å². The average Bonchev–Trinajstić information content (AvgIpc) is 2.54. The van der Waals surface area contributed by atoms with Gasteiger partial charge in [0.05, 0.1) is 4.90 Å². The smallest absolute Gasteiger partial charge is 0.254 e. The zero-order valence-corrected chi connectivity index (χ0v) is 16.8. The highest BCUT2D eigenvalue weighted by molar-refractivity contribution is 7.89. The van der Waals surface area contributed by atoms with Crippen LogP contribution in [0.15, 0.2) is 23.1 Å². The SMILES string of the molecule is CCN(CC)S(=O)(=O)c1ccc(C)c(C(=O)N2CC(C)CC(C)C2)c1. The molecule has 1 aliphatic heterocycles. The zero-order chi connectivity index (χ0) is 18.8. The van der Waals surface area contributed by atoms with Crippen LogP contribution in [0.2, 0.25) is 0 Å². The molecule has 1 aliphatic rings. The molecule has 2 rings (SSSR count). The van der Waals surface area contributed by atoms with Gasteiger partial charge in [-0.15, -0.1) is 0 Å². The van der Waals surface area contributed by atoms with E-state index in [4.69, 9.17) is 0 Å². The second-order valence-corrected chi connectivity index (χ2v) is 9.16. The molecule has 1 saturated heterocycles. The summed E-state index contributed by atoms with van der Waals surface area (Å²) in [5.74, 6) is 0.874. The normalized spacial score (nSPS) is 21.6. The third kappa shape index (κ3) is 4.23. The van der Waals surface area contributed by atoms with Crippen molar-refractivity contribution in [2.45, 2.75) is 45.9 Å². The average molecular weight is 367 g/mol. The summed E-state index contributed by atoms with van der Waals surface area (Å²) in [4.78, 5) is 15.1. The molecule has 1 aromatic carbocycles. The first-order valence-corrected chi connectivity index (χ1v) is 10.5. The largest absolute Gasteiger partial charge is 0.338 e. The molecule has 1 fully saturated rings. The Morgan fingerprint density at radius 3 is 2.24 bits per heavy atom. The van der Waals surface area contributed by atoms with Crippen molar-refractivity contribution in [2.24, 2.45) is 11.8 Å². The lowest BCUT2D eigenvalue weighted by atomic mass is 9.91. The fraction of sp³-hybridized carbons (Fsp3) is 0.632. The van der Waals surface area contributed by atoms with E-state index in [-0.39, 0.29) is 10.8 Å². The fourth-order valence-electron chi connectivity index (χ4n) is 3.70. The number of likely N-dealkylation sites (tertiary alicyclic amines) is 1. The number of amides is 1. The lowest BCUT2D eigenvalue weighted by Crippen LogP contribution is -2.42. The summed E-state index contributed by atoms with van der Waals surface area (Å²) >= 11 is 0. The predicted molar refractivity (Wildman–Crippen MR) is 100 cm³/mol. The molecule has 140 valence electrons. The number of hydrogen-bond donors (Lipinski definition) is 0. The van der Waals surface area contributed by atoms with Crippen LogP contribution in [0.1, 0.15) is 50.0 Å². The number of nitrogens with zero attached hydrogens (tertiary/aromatic N) is 2. The third-order valence-corrected chi connectivity index (χ3v) is 6.98. The molecule has 0 aliphatic carbocycles. The number of sulfonamides is 1. The first-order chi connectivity index (χ1) is 11.7. The van der Waals surface area contributed by atoms with Crippen LogP contribution >= 0.6 is 0 Å². The van der Waals surface area contributed by atoms with Crippen molar-refractivity contribution in [1.82, 2.24) is 9.21 Å². The van der Waals surface area contributed by atoms with Gasteiger partial charge in [0.1, 0.15) is 0 Å². The Bertz CT molecular complexity index is 716. The minimum atomic E-state index is -3.56. The molecular weight excluding hydrogens is 336 g/mol. The van der Waals surface area contributed by atoms with Crippen LogP contribution in [0, 0.1) is 18.8 Å². The van der Waals surface area contributed by atoms with Crippen molar-refractivity contribution in [3.05, 3.63) is 29.3 Å². The zero-order valence-electron chi connectivity index (χ0n) is 15.9. The van der Waals surface area contributed by atoms with Crippen molar-refractivity contribution in [3.8, 4) is 0 Å². The highest BCUT2D eigenvalue weighted by Gasteiger charge is 2.28. The van der Waals surface area contributed by atoms with Crippen molar-refractivity contribution in [1.29, 1.82) is 0 Å². The number of carbonyl (C=O) groups excluding carboxylic acids is 1. The van der Waals surface area contributed by atoms with Crippen LogP contribution in [0.25, 0.3) is 0 Å². The summed E-state index contributed by atoms with van der Waals surface area (Å²) in [5.41, 5.74) is 1.31. The number of hydrogen-bond acceptors (Lipinski definition) is 3. The van der Waals surface area contributed by atoms with Gasteiger partial charge in [-0.3, -0.25) is 4.79 Å². The molecule has 0 N–H and O–H groups in total.